The quantitative estimate of drug-likeness (QED) is 0.841. The molecule has 0 unspecified atom stereocenters. The van der Waals surface area contributed by atoms with Gasteiger partial charge in [0.15, 0.2) is 0 Å². The maximum absolute atomic E-state index is 12.2. The molecule has 0 heterocycles. The molecule has 0 aliphatic carbocycles. The molecule has 0 spiro atoms. The fourth-order valence-corrected chi connectivity index (χ4v) is 2.01. The third-order valence-corrected chi connectivity index (χ3v) is 3.07. The molecule has 21 heavy (non-hydrogen) atoms. The minimum Gasteiger partial charge on any atom is -0.406 e. The molecule has 112 valence electrons. The van der Waals surface area contributed by atoms with E-state index in [0.717, 1.165) is 11.3 Å². The number of anilines is 1. The van der Waals surface area contributed by atoms with Crippen LogP contribution in [-0.2, 0) is 6.54 Å². The Kier molecular flexibility index (Phi) is 4.63. The van der Waals surface area contributed by atoms with E-state index in [0.29, 0.717) is 17.1 Å². The highest BCUT2D eigenvalue weighted by atomic mass is 35.5. The Labute approximate surface area is 125 Å². The summed E-state index contributed by atoms with van der Waals surface area (Å²) in [6.07, 6.45) is -4.69. The number of ether oxygens (including phenoxy) is 1. The average Bonchev–Trinajstić information content (AvgIpc) is 2.38. The Hall–Kier alpha value is -1.88. The lowest BCUT2D eigenvalue weighted by atomic mass is 10.2. The zero-order valence-corrected chi connectivity index (χ0v) is 11.9. The topological polar surface area (TPSA) is 21.3 Å². The molecule has 0 bridgehead atoms. The maximum atomic E-state index is 12.2. The zero-order valence-electron chi connectivity index (χ0n) is 11.2. The molecule has 2 aromatic rings. The van der Waals surface area contributed by atoms with Crippen LogP contribution in [0.1, 0.15) is 11.1 Å². The van der Waals surface area contributed by atoms with Crippen molar-refractivity contribution in [3.63, 3.8) is 0 Å². The normalized spacial score (nSPS) is 11.3. The molecule has 0 radical (unpaired) electrons. The molecule has 0 saturated heterocycles. The number of rotatable bonds is 4. The van der Waals surface area contributed by atoms with Crippen molar-refractivity contribution in [1.82, 2.24) is 0 Å². The van der Waals surface area contributed by atoms with Crippen LogP contribution in [0.15, 0.2) is 42.5 Å². The van der Waals surface area contributed by atoms with E-state index in [1.165, 1.54) is 18.2 Å². The third-order valence-electron chi connectivity index (χ3n) is 2.74. The average molecular weight is 316 g/mol. The maximum Gasteiger partial charge on any atom is 0.573 e. The van der Waals surface area contributed by atoms with Gasteiger partial charge in [-0.2, -0.15) is 0 Å². The second-order valence-electron chi connectivity index (χ2n) is 4.53. The van der Waals surface area contributed by atoms with Crippen molar-refractivity contribution in [2.45, 2.75) is 19.8 Å². The first-order valence-electron chi connectivity index (χ1n) is 6.18. The predicted molar refractivity (Wildman–Crippen MR) is 76.6 cm³/mol. The third kappa shape index (κ3) is 4.86. The minimum atomic E-state index is -4.69. The Balaban J connectivity index is 2.06. The summed E-state index contributed by atoms with van der Waals surface area (Å²) in [5.74, 6) is -0.239. The zero-order chi connectivity index (χ0) is 15.5. The van der Waals surface area contributed by atoms with E-state index in [-0.39, 0.29) is 5.75 Å². The second kappa shape index (κ2) is 6.26. The van der Waals surface area contributed by atoms with Crippen LogP contribution in [0, 0.1) is 6.92 Å². The summed E-state index contributed by atoms with van der Waals surface area (Å²) in [4.78, 5) is 0. The van der Waals surface area contributed by atoms with Gasteiger partial charge >= 0.3 is 6.36 Å². The van der Waals surface area contributed by atoms with Gasteiger partial charge in [-0.25, -0.2) is 0 Å². The number of benzene rings is 2. The van der Waals surface area contributed by atoms with Gasteiger partial charge in [0.2, 0.25) is 0 Å². The van der Waals surface area contributed by atoms with Crippen LogP contribution >= 0.6 is 11.6 Å². The fourth-order valence-electron chi connectivity index (χ4n) is 1.82. The van der Waals surface area contributed by atoms with Crippen LogP contribution in [0.3, 0.4) is 0 Å². The molecule has 2 aromatic carbocycles. The van der Waals surface area contributed by atoms with Gasteiger partial charge < -0.3 is 10.1 Å². The van der Waals surface area contributed by atoms with Crippen molar-refractivity contribution in [1.29, 1.82) is 0 Å². The standard InChI is InChI=1S/C15H13ClF3NO/c1-10-5-6-13(16)14(7-10)20-9-11-3-2-4-12(8-11)21-15(17,18)19/h2-8,20H,9H2,1H3. The molecule has 0 aliphatic rings. The summed E-state index contributed by atoms with van der Waals surface area (Å²) >= 11 is 6.04. The number of hydrogen-bond donors (Lipinski definition) is 1. The smallest absolute Gasteiger partial charge is 0.406 e. The van der Waals surface area contributed by atoms with Crippen molar-refractivity contribution >= 4 is 17.3 Å². The number of aryl methyl sites for hydroxylation is 1. The summed E-state index contributed by atoms with van der Waals surface area (Å²) in [6, 6.07) is 11.3. The van der Waals surface area contributed by atoms with Crippen LogP contribution in [0.5, 0.6) is 5.75 Å². The highest BCUT2D eigenvalue weighted by Crippen LogP contribution is 2.25. The molecule has 0 aliphatic heterocycles. The first-order chi connectivity index (χ1) is 9.83. The van der Waals surface area contributed by atoms with E-state index in [1.54, 1.807) is 12.1 Å². The lowest BCUT2D eigenvalue weighted by molar-refractivity contribution is -0.274. The molecule has 2 rings (SSSR count). The molecule has 0 aromatic heterocycles. The highest BCUT2D eigenvalue weighted by molar-refractivity contribution is 6.33. The lowest BCUT2D eigenvalue weighted by Crippen LogP contribution is -2.17. The molecule has 6 heteroatoms. The number of halogens is 4. The van der Waals surface area contributed by atoms with Gasteiger partial charge in [0.1, 0.15) is 5.75 Å². The number of nitrogens with one attached hydrogen (secondary N) is 1. The summed E-state index contributed by atoms with van der Waals surface area (Å²) in [6.45, 7) is 2.28. The van der Waals surface area contributed by atoms with Gasteiger partial charge in [0.25, 0.3) is 0 Å². The van der Waals surface area contributed by atoms with Crippen molar-refractivity contribution in [3.8, 4) is 5.75 Å². The van der Waals surface area contributed by atoms with Crippen molar-refractivity contribution in [3.05, 3.63) is 58.6 Å². The Morgan fingerprint density at radius 3 is 2.62 bits per heavy atom. The monoisotopic (exact) mass is 315 g/mol. The van der Waals surface area contributed by atoms with E-state index in [2.05, 4.69) is 10.1 Å². The van der Waals surface area contributed by atoms with Gasteiger partial charge in [-0.1, -0.05) is 29.8 Å². The van der Waals surface area contributed by atoms with E-state index in [9.17, 15) is 13.2 Å². The summed E-state index contributed by atoms with van der Waals surface area (Å²) in [5.41, 5.74) is 2.43. The largest absolute Gasteiger partial charge is 0.573 e. The lowest BCUT2D eigenvalue weighted by Gasteiger charge is -2.12. The highest BCUT2D eigenvalue weighted by Gasteiger charge is 2.31. The van der Waals surface area contributed by atoms with E-state index in [4.69, 9.17) is 11.6 Å². The van der Waals surface area contributed by atoms with Crippen molar-refractivity contribution in [2.24, 2.45) is 0 Å². The van der Waals surface area contributed by atoms with E-state index < -0.39 is 6.36 Å². The van der Waals surface area contributed by atoms with Gasteiger partial charge in [-0.15, -0.1) is 13.2 Å². The first-order valence-corrected chi connectivity index (χ1v) is 6.56. The molecule has 0 fully saturated rings. The summed E-state index contributed by atoms with van der Waals surface area (Å²) in [7, 11) is 0. The number of hydrogen-bond acceptors (Lipinski definition) is 2. The van der Waals surface area contributed by atoms with Crippen LogP contribution in [0.4, 0.5) is 18.9 Å². The first kappa shape index (κ1) is 15.5. The fraction of sp³-hybridized carbons (Fsp3) is 0.200. The Morgan fingerprint density at radius 1 is 1.14 bits per heavy atom. The van der Waals surface area contributed by atoms with Crippen LogP contribution < -0.4 is 10.1 Å². The molecule has 1 N–H and O–H groups in total. The Bertz CT molecular complexity index is 629. The van der Waals surface area contributed by atoms with Gasteiger partial charge in [-0.05, 0) is 42.3 Å². The predicted octanol–water partition coefficient (Wildman–Crippen LogP) is 5.16. The second-order valence-corrected chi connectivity index (χ2v) is 4.94. The van der Waals surface area contributed by atoms with Gasteiger partial charge in [-0.3, -0.25) is 0 Å². The van der Waals surface area contributed by atoms with Gasteiger partial charge in [0.05, 0.1) is 10.7 Å². The SMILES string of the molecule is Cc1ccc(Cl)c(NCc2cccc(OC(F)(F)F)c2)c1. The molecule has 0 amide bonds. The van der Waals surface area contributed by atoms with Gasteiger partial charge in [0, 0.05) is 6.54 Å². The van der Waals surface area contributed by atoms with Crippen molar-refractivity contribution < 1.29 is 17.9 Å². The molecular formula is C15H13ClF3NO. The van der Waals surface area contributed by atoms with Crippen LogP contribution in [0.2, 0.25) is 5.02 Å². The van der Waals surface area contributed by atoms with Crippen LogP contribution in [0.25, 0.3) is 0 Å². The van der Waals surface area contributed by atoms with Crippen molar-refractivity contribution in [2.75, 3.05) is 5.32 Å². The molecule has 0 atom stereocenters. The van der Waals surface area contributed by atoms with E-state index in [1.807, 2.05) is 19.1 Å². The van der Waals surface area contributed by atoms with Crippen LogP contribution in [-0.4, -0.2) is 6.36 Å². The minimum absolute atomic E-state index is 0.239. The Morgan fingerprint density at radius 2 is 1.90 bits per heavy atom. The molecular weight excluding hydrogens is 303 g/mol. The molecule has 2 nitrogen and oxygen atoms in total. The number of alkyl halides is 3. The van der Waals surface area contributed by atoms with E-state index >= 15 is 0 Å². The molecule has 0 saturated carbocycles. The summed E-state index contributed by atoms with van der Waals surface area (Å²) in [5, 5.41) is 3.65. The summed E-state index contributed by atoms with van der Waals surface area (Å²) < 4.78 is 40.4.